The summed E-state index contributed by atoms with van der Waals surface area (Å²) >= 11 is 0. The van der Waals surface area contributed by atoms with Gasteiger partial charge in [0.05, 0.1) is 6.07 Å². The Morgan fingerprint density at radius 3 is 1.85 bits per heavy atom. The molecule has 0 amide bonds. The summed E-state index contributed by atoms with van der Waals surface area (Å²) < 4.78 is 0. The lowest BCUT2D eigenvalue weighted by atomic mass is 10.1. The molecule has 0 saturated carbocycles. The first-order chi connectivity index (χ1) is 5.09. The van der Waals surface area contributed by atoms with Crippen molar-refractivity contribution in [2.45, 2.75) is 12.8 Å². The molecule has 0 spiro atoms. The van der Waals surface area contributed by atoms with Crippen LogP contribution >= 0.6 is 0 Å². The molecule has 0 heterocycles. The molecule has 0 bridgehead atoms. The van der Waals surface area contributed by atoms with E-state index >= 15 is 0 Å². The van der Waals surface area contributed by atoms with Crippen molar-refractivity contribution >= 4 is 11.9 Å². The molecule has 7 heteroatoms. The molecule has 76 valence electrons. The van der Waals surface area contributed by atoms with Gasteiger partial charge in [0.25, 0.3) is 0 Å². The van der Waals surface area contributed by atoms with E-state index in [9.17, 15) is 9.59 Å². The summed E-state index contributed by atoms with van der Waals surface area (Å²) in [5.41, 5.74) is 0. The van der Waals surface area contributed by atoms with Gasteiger partial charge in [0, 0.05) is 6.42 Å². The Balaban J connectivity index is -0.000000500. The van der Waals surface area contributed by atoms with Crippen LogP contribution in [0.25, 0.3) is 0 Å². The number of hydrogen-bond acceptors (Lipinski definition) is 3. The van der Waals surface area contributed by atoms with Crippen molar-refractivity contribution in [1.82, 2.24) is 0 Å². The molecule has 13 heavy (non-hydrogen) atoms. The Labute approximate surface area is 73.8 Å². The van der Waals surface area contributed by atoms with E-state index in [2.05, 4.69) is 0 Å². The summed E-state index contributed by atoms with van der Waals surface area (Å²) in [4.78, 5) is 20.3. The Bertz CT molecular complexity index is 194. The van der Waals surface area contributed by atoms with E-state index in [1.165, 1.54) is 0 Å². The summed E-state index contributed by atoms with van der Waals surface area (Å²) in [7, 11) is 0. The minimum atomic E-state index is -1.45. The number of nitriles is 1. The van der Waals surface area contributed by atoms with Crippen LogP contribution < -0.4 is 0 Å². The molecular formula is C6H11NO6. The predicted octanol–water partition coefficient (Wildman–Crippen LogP) is -1.57. The number of carboxylic acids is 2. The lowest BCUT2D eigenvalue weighted by Crippen LogP contribution is -2.22. The van der Waals surface area contributed by atoms with Gasteiger partial charge in [-0.05, 0) is 6.42 Å². The van der Waals surface area contributed by atoms with Crippen molar-refractivity contribution in [3.05, 3.63) is 0 Å². The molecular weight excluding hydrogens is 182 g/mol. The molecule has 0 aromatic heterocycles. The minimum absolute atomic E-state index is 0. The minimum Gasteiger partial charge on any atom is -0.481 e. The van der Waals surface area contributed by atoms with Crippen molar-refractivity contribution in [1.29, 1.82) is 5.26 Å². The van der Waals surface area contributed by atoms with E-state index < -0.39 is 17.9 Å². The maximum atomic E-state index is 10.2. The molecule has 0 rings (SSSR count). The predicted molar refractivity (Wildman–Crippen MR) is 40.8 cm³/mol. The average Bonchev–Trinajstić information content (AvgIpc) is 1.87. The molecule has 6 N–H and O–H groups in total. The zero-order valence-electron chi connectivity index (χ0n) is 6.65. The Morgan fingerprint density at radius 2 is 1.62 bits per heavy atom. The van der Waals surface area contributed by atoms with Gasteiger partial charge >= 0.3 is 11.9 Å². The van der Waals surface area contributed by atoms with Crippen LogP contribution in [0.5, 0.6) is 0 Å². The average molecular weight is 193 g/mol. The number of nitrogens with zero attached hydrogens (tertiary/aromatic N) is 1. The molecule has 0 aromatic carbocycles. The van der Waals surface area contributed by atoms with Crippen LogP contribution in [0, 0.1) is 17.2 Å². The number of rotatable bonds is 4. The Morgan fingerprint density at radius 1 is 1.23 bits per heavy atom. The number of hydrogen-bond donors (Lipinski definition) is 2. The standard InChI is InChI=1S/C6H7NO4.2H2O/c7-3-1-2-4(5(8)9)6(10)11;;/h4H,1-2H2,(H,8,9)(H,10,11);2*1H2. The lowest BCUT2D eigenvalue weighted by Gasteiger charge is -2.02. The maximum Gasteiger partial charge on any atom is 0.317 e. The quantitative estimate of drug-likeness (QED) is 0.514. The van der Waals surface area contributed by atoms with E-state index in [0.717, 1.165) is 0 Å². The van der Waals surface area contributed by atoms with Gasteiger partial charge in [-0.1, -0.05) is 0 Å². The van der Waals surface area contributed by atoms with Gasteiger partial charge in [-0.25, -0.2) is 0 Å². The second kappa shape index (κ2) is 8.45. The van der Waals surface area contributed by atoms with Gasteiger partial charge in [-0.2, -0.15) is 5.26 Å². The Hall–Kier alpha value is -1.65. The van der Waals surface area contributed by atoms with Crippen molar-refractivity contribution in [3.63, 3.8) is 0 Å². The fourth-order valence-electron chi connectivity index (χ4n) is 0.561. The van der Waals surface area contributed by atoms with Crippen LogP contribution in [0.15, 0.2) is 0 Å². The monoisotopic (exact) mass is 193 g/mol. The van der Waals surface area contributed by atoms with E-state index in [-0.39, 0.29) is 23.8 Å². The first-order valence-electron chi connectivity index (χ1n) is 2.92. The summed E-state index contributed by atoms with van der Waals surface area (Å²) in [6.45, 7) is 0. The lowest BCUT2D eigenvalue weighted by molar-refractivity contribution is -0.154. The molecule has 7 nitrogen and oxygen atoms in total. The molecule has 0 unspecified atom stereocenters. The highest BCUT2D eigenvalue weighted by atomic mass is 16.4. The fourth-order valence-corrected chi connectivity index (χ4v) is 0.561. The topological polar surface area (TPSA) is 161 Å². The van der Waals surface area contributed by atoms with Gasteiger partial charge in [-0.3, -0.25) is 9.59 Å². The van der Waals surface area contributed by atoms with E-state index in [1.54, 1.807) is 6.07 Å². The molecule has 0 radical (unpaired) electrons. The highest BCUT2D eigenvalue weighted by molar-refractivity contribution is 5.92. The Kier molecular flexibility index (Phi) is 11.3. The number of carbonyl (C=O) groups is 2. The number of carboxylic acid groups (broad SMARTS) is 2. The van der Waals surface area contributed by atoms with Crippen molar-refractivity contribution in [3.8, 4) is 6.07 Å². The summed E-state index contributed by atoms with van der Waals surface area (Å²) in [5.74, 6) is -4.24. The molecule has 0 saturated heterocycles. The zero-order chi connectivity index (χ0) is 8.85. The second-order valence-electron chi connectivity index (χ2n) is 1.93. The van der Waals surface area contributed by atoms with Gasteiger partial charge < -0.3 is 21.2 Å². The second-order valence-corrected chi connectivity index (χ2v) is 1.93. The maximum absolute atomic E-state index is 10.2. The number of aliphatic carboxylic acids is 2. The molecule has 0 aromatic rings. The summed E-state index contributed by atoms with van der Waals surface area (Å²) in [6.07, 6.45) is -0.190. The molecule has 0 atom stereocenters. The van der Waals surface area contributed by atoms with Crippen molar-refractivity contribution in [2.24, 2.45) is 5.92 Å². The highest BCUT2D eigenvalue weighted by Crippen LogP contribution is 2.05. The van der Waals surface area contributed by atoms with Gasteiger partial charge in [0.2, 0.25) is 0 Å². The molecule has 0 aliphatic heterocycles. The molecule has 0 aliphatic rings. The third kappa shape index (κ3) is 6.74. The largest absolute Gasteiger partial charge is 0.481 e. The third-order valence-corrected chi connectivity index (χ3v) is 1.14. The third-order valence-electron chi connectivity index (χ3n) is 1.14. The van der Waals surface area contributed by atoms with Gasteiger partial charge in [-0.15, -0.1) is 0 Å². The molecule has 0 aliphatic carbocycles. The first kappa shape index (κ1) is 17.4. The molecule has 0 fully saturated rings. The smallest absolute Gasteiger partial charge is 0.317 e. The van der Waals surface area contributed by atoms with Crippen LogP contribution in [0.3, 0.4) is 0 Å². The fraction of sp³-hybridized carbons (Fsp3) is 0.500. The van der Waals surface area contributed by atoms with E-state index in [4.69, 9.17) is 15.5 Å². The van der Waals surface area contributed by atoms with Crippen LogP contribution in [-0.4, -0.2) is 33.1 Å². The zero-order valence-corrected chi connectivity index (χ0v) is 6.65. The van der Waals surface area contributed by atoms with Crippen molar-refractivity contribution in [2.75, 3.05) is 0 Å². The van der Waals surface area contributed by atoms with Crippen LogP contribution in [0.2, 0.25) is 0 Å². The SMILES string of the molecule is N#CCCC(C(=O)O)C(=O)O.O.O. The van der Waals surface area contributed by atoms with Crippen LogP contribution in [0.4, 0.5) is 0 Å². The first-order valence-corrected chi connectivity index (χ1v) is 2.92. The normalized spacial score (nSPS) is 7.69. The van der Waals surface area contributed by atoms with Crippen LogP contribution in [-0.2, 0) is 9.59 Å². The summed E-state index contributed by atoms with van der Waals surface area (Å²) in [5, 5.41) is 24.6. The van der Waals surface area contributed by atoms with E-state index in [1.807, 2.05) is 0 Å². The van der Waals surface area contributed by atoms with Gasteiger partial charge in [0.15, 0.2) is 5.92 Å². The summed E-state index contributed by atoms with van der Waals surface area (Å²) in [6, 6.07) is 1.68. The van der Waals surface area contributed by atoms with Gasteiger partial charge in [0.1, 0.15) is 0 Å². The highest BCUT2D eigenvalue weighted by Gasteiger charge is 2.24. The van der Waals surface area contributed by atoms with E-state index in [0.29, 0.717) is 0 Å². The van der Waals surface area contributed by atoms with Crippen molar-refractivity contribution < 1.29 is 30.8 Å². The van der Waals surface area contributed by atoms with Crippen LogP contribution in [0.1, 0.15) is 12.8 Å².